The molecule has 5 heterocycles. The molecule has 1 saturated heterocycles. The van der Waals surface area contributed by atoms with E-state index in [4.69, 9.17) is 4.52 Å². The summed E-state index contributed by atoms with van der Waals surface area (Å²) in [6.45, 7) is 6.08. The van der Waals surface area contributed by atoms with Gasteiger partial charge in [-0.2, -0.15) is 13.2 Å². The number of nitrogens with zero attached hydrogens (tertiary/aromatic N) is 5. The van der Waals surface area contributed by atoms with Crippen molar-refractivity contribution in [1.82, 2.24) is 29.4 Å². The summed E-state index contributed by atoms with van der Waals surface area (Å²) in [7, 11) is -4.28. The number of hydrogen-bond donors (Lipinski definition) is 2. The normalized spacial score (nSPS) is 17.8. The first-order valence-electron chi connectivity index (χ1n) is 13.6. The van der Waals surface area contributed by atoms with Crippen LogP contribution in [-0.4, -0.2) is 51.1 Å². The monoisotopic (exact) mass is 611 g/mol. The quantitative estimate of drug-likeness (QED) is 0.253. The molecule has 0 saturated carbocycles. The number of piperidine rings is 1. The third-order valence-electron chi connectivity index (χ3n) is 7.55. The second-order valence-electron chi connectivity index (χ2n) is 10.6. The molecule has 1 aromatic carbocycles. The Morgan fingerprint density at radius 3 is 2.49 bits per heavy atom. The fourth-order valence-corrected chi connectivity index (χ4v) is 6.65. The Morgan fingerprint density at radius 2 is 1.84 bits per heavy atom. The molecule has 1 unspecified atom stereocenters. The molecule has 1 fully saturated rings. The van der Waals surface area contributed by atoms with Crippen molar-refractivity contribution >= 4 is 27.0 Å². The van der Waals surface area contributed by atoms with Crippen molar-refractivity contribution < 1.29 is 26.1 Å². The highest BCUT2D eigenvalue weighted by atomic mass is 32.2. The minimum absolute atomic E-state index is 0.0106. The molecule has 0 aliphatic carbocycles. The van der Waals surface area contributed by atoms with Crippen LogP contribution in [0.1, 0.15) is 36.8 Å². The van der Waals surface area contributed by atoms with Gasteiger partial charge in [0.05, 0.1) is 27.5 Å². The highest BCUT2D eigenvalue weighted by Crippen LogP contribution is 2.41. The molecule has 6 rings (SSSR count). The van der Waals surface area contributed by atoms with Gasteiger partial charge in [0, 0.05) is 42.0 Å². The molecule has 0 amide bonds. The van der Waals surface area contributed by atoms with Crippen LogP contribution in [0.2, 0.25) is 0 Å². The van der Waals surface area contributed by atoms with E-state index in [1.165, 1.54) is 18.2 Å². The topological polar surface area (TPSA) is 128 Å². The van der Waals surface area contributed by atoms with Gasteiger partial charge in [0.2, 0.25) is 5.95 Å². The second kappa shape index (κ2) is 10.8. The molecule has 10 nitrogen and oxygen atoms in total. The maximum atomic E-state index is 14.3. The van der Waals surface area contributed by atoms with E-state index in [2.05, 4.69) is 37.7 Å². The van der Waals surface area contributed by atoms with Crippen molar-refractivity contribution in [3.05, 3.63) is 71.9 Å². The maximum absolute atomic E-state index is 14.3. The number of nitrogens with one attached hydrogen (secondary N) is 2. The summed E-state index contributed by atoms with van der Waals surface area (Å²) < 4.78 is 77.0. The van der Waals surface area contributed by atoms with Crippen LogP contribution in [0.5, 0.6) is 0 Å². The standard InChI is InChI=1S/C29H28F3N7O3S/c1-16-9-10-19(13-33-16)35-28-34-14-23(29(30,31)32)26(37-28)22-15-39(43(40,41)20-7-5-4-6-8-20)27-21(22)11-12-24(36-27)25-17(2)38-42-18(25)3/h4-8,11-12,14-16,19,33H,9-10,13H2,1-3H3,(H,34,35,37)/t16-,19?/m1/s1. The van der Waals surface area contributed by atoms with E-state index < -0.39 is 27.5 Å². The number of rotatable bonds is 6. The molecule has 0 spiro atoms. The molecule has 2 N–H and O–H groups in total. The first kappa shape index (κ1) is 28.8. The second-order valence-corrected chi connectivity index (χ2v) is 12.4. The Bertz CT molecular complexity index is 1890. The van der Waals surface area contributed by atoms with E-state index >= 15 is 0 Å². The summed E-state index contributed by atoms with van der Waals surface area (Å²) in [4.78, 5) is 12.9. The van der Waals surface area contributed by atoms with Gasteiger partial charge >= 0.3 is 6.18 Å². The van der Waals surface area contributed by atoms with Crippen molar-refractivity contribution in [2.75, 3.05) is 11.9 Å². The molecule has 1 aliphatic heterocycles. The number of aromatic nitrogens is 5. The van der Waals surface area contributed by atoms with Crippen LogP contribution in [0.3, 0.4) is 0 Å². The van der Waals surface area contributed by atoms with Crippen LogP contribution in [-0.2, 0) is 16.2 Å². The molecule has 1 aliphatic rings. The number of benzene rings is 1. The van der Waals surface area contributed by atoms with Crippen LogP contribution < -0.4 is 10.6 Å². The molecule has 0 radical (unpaired) electrons. The van der Waals surface area contributed by atoms with Crippen molar-refractivity contribution in [3.8, 4) is 22.5 Å². The molecular formula is C29H28F3N7O3S. The lowest BCUT2D eigenvalue weighted by atomic mass is 10.0. The van der Waals surface area contributed by atoms with Crippen molar-refractivity contribution in [1.29, 1.82) is 0 Å². The minimum atomic E-state index is -4.81. The number of pyridine rings is 1. The number of anilines is 1. The Kier molecular flexibility index (Phi) is 7.21. The van der Waals surface area contributed by atoms with Crippen LogP contribution >= 0.6 is 0 Å². The van der Waals surface area contributed by atoms with Gasteiger partial charge in [-0.25, -0.2) is 27.3 Å². The highest BCUT2D eigenvalue weighted by Gasteiger charge is 2.37. The van der Waals surface area contributed by atoms with Crippen LogP contribution in [0.4, 0.5) is 19.1 Å². The molecule has 224 valence electrons. The molecule has 5 aromatic rings. The van der Waals surface area contributed by atoms with Gasteiger partial charge in [-0.3, -0.25) is 0 Å². The van der Waals surface area contributed by atoms with Gasteiger partial charge in [0.15, 0.2) is 5.65 Å². The number of halogens is 3. The Balaban J connectivity index is 1.57. The van der Waals surface area contributed by atoms with E-state index in [1.54, 1.807) is 38.1 Å². The first-order valence-corrected chi connectivity index (χ1v) is 15.1. The van der Waals surface area contributed by atoms with E-state index in [0.717, 1.165) is 29.2 Å². The predicted molar refractivity (Wildman–Crippen MR) is 154 cm³/mol. The number of alkyl halides is 3. The lowest BCUT2D eigenvalue weighted by molar-refractivity contribution is -0.137. The van der Waals surface area contributed by atoms with E-state index in [-0.39, 0.29) is 33.5 Å². The summed E-state index contributed by atoms with van der Waals surface area (Å²) in [5.41, 5.74) is -0.221. The molecular weight excluding hydrogens is 583 g/mol. The first-order chi connectivity index (χ1) is 20.4. The lowest BCUT2D eigenvalue weighted by Crippen LogP contribution is -2.43. The van der Waals surface area contributed by atoms with E-state index in [9.17, 15) is 21.6 Å². The summed E-state index contributed by atoms with van der Waals surface area (Å²) in [6.07, 6.45) is -1.27. The average molecular weight is 612 g/mol. The Morgan fingerprint density at radius 1 is 1.07 bits per heavy atom. The highest BCUT2D eigenvalue weighted by molar-refractivity contribution is 7.90. The summed E-state index contributed by atoms with van der Waals surface area (Å²) in [5, 5.41) is 10.6. The van der Waals surface area contributed by atoms with Gasteiger partial charge in [0.25, 0.3) is 10.0 Å². The maximum Gasteiger partial charge on any atom is 0.419 e. The molecule has 14 heteroatoms. The zero-order valence-electron chi connectivity index (χ0n) is 23.5. The van der Waals surface area contributed by atoms with Gasteiger partial charge in [-0.15, -0.1) is 0 Å². The summed E-state index contributed by atoms with van der Waals surface area (Å²) >= 11 is 0. The smallest absolute Gasteiger partial charge is 0.361 e. The fourth-order valence-electron chi connectivity index (χ4n) is 5.31. The van der Waals surface area contributed by atoms with Gasteiger partial charge < -0.3 is 15.2 Å². The number of hydrogen-bond acceptors (Lipinski definition) is 9. The lowest BCUT2D eigenvalue weighted by Gasteiger charge is -2.28. The molecule has 4 aromatic heterocycles. The van der Waals surface area contributed by atoms with Crippen molar-refractivity contribution in [3.63, 3.8) is 0 Å². The van der Waals surface area contributed by atoms with Gasteiger partial charge in [0.1, 0.15) is 11.3 Å². The third kappa shape index (κ3) is 5.36. The van der Waals surface area contributed by atoms with Crippen molar-refractivity contribution in [2.24, 2.45) is 0 Å². The molecule has 43 heavy (non-hydrogen) atoms. The average Bonchev–Trinajstić information content (AvgIpc) is 3.53. The van der Waals surface area contributed by atoms with Crippen LogP contribution in [0.15, 0.2) is 64.3 Å². The summed E-state index contributed by atoms with van der Waals surface area (Å²) in [6, 6.07) is 11.0. The van der Waals surface area contributed by atoms with Crippen LogP contribution in [0.25, 0.3) is 33.5 Å². The van der Waals surface area contributed by atoms with Gasteiger partial charge in [-0.1, -0.05) is 23.4 Å². The van der Waals surface area contributed by atoms with E-state index in [1.807, 2.05) is 0 Å². The largest absolute Gasteiger partial charge is 0.419 e. The predicted octanol–water partition coefficient (Wildman–Crippen LogP) is 5.57. The zero-order chi connectivity index (χ0) is 30.5. The summed E-state index contributed by atoms with van der Waals surface area (Å²) in [5.74, 6) is 0.475. The Hall–Kier alpha value is -4.30. The van der Waals surface area contributed by atoms with E-state index in [0.29, 0.717) is 35.3 Å². The third-order valence-corrected chi connectivity index (χ3v) is 9.22. The Labute approximate surface area is 245 Å². The number of fused-ring (bicyclic) bond motifs is 1. The number of aryl methyl sites for hydroxylation is 2. The van der Waals surface area contributed by atoms with Crippen LogP contribution in [0, 0.1) is 13.8 Å². The molecule has 2 atom stereocenters. The van der Waals surface area contributed by atoms with Gasteiger partial charge in [-0.05, 0) is 57.9 Å². The minimum Gasteiger partial charge on any atom is -0.361 e. The SMILES string of the molecule is Cc1noc(C)c1-c1ccc2c(-c3nc(NC4CC[C@@H](C)NC4)ncc3C(F)(F)F)cn(S(=O)(=O)c3ccccc3)c2n1. The van der Waals surface area contributed by atoms with Crippen molar-refractivity contribution in [2.45, 2.75) is 56.8 Å². The zero-order valence-corrected chi connectivity index (χ0v) is 24.3. The fraction of sp³-hybridized carbons (Fsp3) is 0.310. The molecule has 0 bridgehead atoms.